The highest BCUT2D eigenvalue weighted by Gasteiger charge is 2.14. The van der Waals surface area contributed by atoms with E-state index in [1.165, 1.54) is 24.8 Å². The van der Waals surface area contributed by atoms with Crippen molar-refractivity contribution in [3.8, 4) is 0 Å². The van der Waals surface area contributed by atoms with E-state index < -0.39 is 0 Å². The van der Waals surface area contributed by atoms with E-state index in [-0.39, 0.29) is 0 Å². The molecule has 3 heteroatoms. The normalized spacial score (nSPS) is 21.6. The van der Waals surface area contributed by atoms with Crippen LogP contribution in [0.4, 0.5) is 0 Å². The first-order chi connectivity index (χ1) is 7.25. The predicted molar refractivity (Wildman–Crippen MR) is 65.8 cm³/mol. The van der Waals surface area contributed by atoms with Gasteiger partial charge in [0.2, 0.25) is 0 Å². The SMILES string of the molecule is Clc1ccc(CC2CCCCN2)c(Cl)c1. The van der Waals surface area contributed by atoms with Crippen molar-refractivity contribution in [3.63, 3.8) is 0 Å². The number of rotatable bonds is 2. The number of halogens is 2. The molecule has 1 aliphatic rings. The van der Waals surface area contributed by atoms with Crippen LogP contribution in [0.1, 0.15) is 24.8 Å². The standard InChI is InChI=1S/C12H15Cl2N/c13-10-5-4-9(12(14)8-10)7-11-3-1-2-6-15-11/h4-5,8,11,15H,1-3,6-7H2. The quantitative estimate of drug-likeness (QED) is 0.836. The van der Waals surface area contributed by atoms with E-state index in [0.717, 1.165) is 18.0 Å². The fraction of sp³-hybridized carbons (Fsp3) is 0.500. The first kappa shape index (κ1) is 11.3. The average Bonchev–Trinajstić information content (AvgIpc) is 2.24. The summed E-state index contributed by atoms with van der Waals surface area (Å²) >= 11 is 12.0. The second-order valence-corrected chi connectivity index (χ2v) is 4.93. The number of piperidine rings is 1. The fourth-order valence-electron chi connectivity index (χ4n) is 2.05. The lowest BCUT2D eigenvalue weighted by Gasteiger charge is -2.23. The Labute approximate surface area is 101 Å². The summed E-state index contributed by atoms with van der Waals surface area (Å²) < 4.78 is 0. The van der Waals surface area contributed by atoms with Crippen molar-refractivity contribution in [1.82, 2.24) is 5.32 Å². The molecule has 0 spiro atoms. The van der Waals surface area contributed by atoms with E-state index in [2.05, 4.69) is 5.32 Å². The summed E-state index contributed by atoms with van der Waals surface area (Å²) in [7, 11) is 0. The van der Waals surface area contributed by atoms with Crippen LogP contribution in [0.2, 0.25) is 10.0 Å². The van der Waals surface area contributed by atoms with Gasteiger partial charge in [0.1, 0.15) is 0 Å². The molecule has 82 valence electrons. The topological polar surface area (TPSA) is 12.0 Å². The molecule has 1 saturated heterocycles. The molecule has 1 heterocycles. The Hall–Kier alpha value is -0.240. The van der Waals surface area contributed by atoms with E-state index in [0.29, 0.717) is 11.1 Å². The van der Waals surface area contributed by atoms with Gasteiger partial charge in [0.05, 0.1) is 0 Å². The summed E-state index contributed by atoms with van der Waals surface area (Å²) in [5.74, 6) is 0. The zero-order valence-corrected chi connectivity index (χ0v) is 10.1. The minimum absolute atomic E-state index is 0.581. The first-order valence-electron chi connectivity index (χ1n) is 5.43. The predicted octanol–water partition coefficient (Wildman–Crippen LogP) is 3.68. The van der Waals surface area contributed by atoms with Crippen molar-refractivity contribution in [3.05, 3.63) is 33.8 Å². The van der Waals surface area contributed by atoms with Gasteiger partial charge in [-0.15, -0.1) is 0 Å². The van der Waals surface area contributed by atoms with Crippen LogP contribution >= 0.6 is 23.2 Å². The van der Waals surface area contributed by atoms with Crippen LogP contribution < -0.4 is 5.32 Å². The second-order valence-electron chi connectivity index (χ2n) is 4.09. The largest absolute Gasteiger partial charge is 0.314 e. The molecule has 1 aromatic carbocycles. The third-order valence-corrected chi connectivity index (χ3v) is 3.48. The Morgan fingerprint density at radius 3 is 2.80 bits per heavy atom. The van der Waals surface area contributed by atoms with Crippen LogP contribution in [0.3, 0.4) is 0 Å². The molecule has 1 atom stereocenters. The van der Waals surface area contributed by atoms with Crippen LogP contribution in [0, 0.1) is 0 Å². The molecule has 0 aromatic heterocycles. The van der Waals surface area contributed by atoms with Gasteiger partial charge < -0.3 is 5.32 Å². The summed E-state index contributed by atoms with van der Waals surface area (Å²) in [6.07, 6.45) is 4.88. The first-order valence-corrected chi connectivity index (χ1v) is 6.18. The molecule has 1 nitrogen and oxygen atoms in total. The molecular formula is C12H15Cl2N. The van der Waals surface area contributed by atoms with Crippen molar-refractivity contribution >= 4 is 23.2 Å². The molecule has 0 bridgehead atoms. The molecular weight excluding hydrogens is 229 g/mol. The maximum atomic E-state index is 6.14. The van der Waals surface area contributed by atoms with Gasteiger partial charge in [-0.25, -0.2) is 0 Å². The Kier molecular flexibility index (Phi) is 3.90. The van der Waals surface area contributed by atoms with E-state index in [1.54, 1.807) is 0 Å². The van der Waals surface area contributed by atoms with E-state index in [1.807, 2.05) is 18.2 Å². The van der Waals surface area contributed by atoms with E-state index in [4.69, 9.17) is 23.2 Å². The maximum Gasteiger partial charge on any atom is 0.0453 e. The van der Waals surface area contributed by atoms with Gasteiger partial charge >= 0.3 is 0 Å². The Morgan fingerprint density at radius 2 is 2.13 bits per heavy atom. The summed E-state index contributed by atoms with van der Waals surface area (Å²) in [6.45, 7) is 1.13. The van der Waals surface area contributed by atoms with Gasteiger partial charge in [0.15, 0.2) is 0 Å². The molecule has 2 rings (SSSR count). The van der Waals surface area contributed by atoms with Crippen molar-refractivity contribution in [2.45, 2.75) is 31.7 Å². The van der Waals surface area contributed by atoms with Crippen molar-refractivity contribution < 1.29 is 0 Å². The van der Waals surface area contributed by atoms with E-state index >= 15 is 0 Å². The van der Waals surface area contributed by atoms with Gasteiger partial charge in [0, 0.05) is 16.1 Å². The summed E-state index contributed by atoms with van der Waals surface area (Å²) in [4.78, 5) is 0. The minimum atomic E-state index is 0.581. The average molecular weight is 244 g/mol. The Morgan fingerprint density at radius 1 is 1.27 bits per heavy atom. The van der Waals surface area contributed by atoms with Gasteiger partial charge in [-0.1, -0.05) is 35.7 Å². The highest BCUT2D eigenvalue weighted by Crippen LogP contribution is 2.23. The van der Waals surface area contributed by atoms with Crippen molar-refractivity contribution in [2.75, 3.05) is 6.54 Å². The zero-order chi connectivity index (χ0) is 10.7. The molecule has 0 radical (unpaired) electrons. The number of hydrogen-bond donors (Lipinski definition) is 1. The summed E-state index contributed by atoms with van der Waals surface area (Å²) in [5, 5.41) is 5.01. The van der Waals surface area contributed by atoms with Gasteiger partial charge in [0.25, 0.3) is 0 Å². The Balaban J connectivity index is 2.03. The Bertz CT molecular complexity index is 332. The highest BCUT2D eigenvalue weighted by atomic mass is 35.5. The molecule has 1 N–H and O–H groups in total. The molecule has 15 heavy (non-hydrogen) atoms. The van der Waals surface area contributed by atoms with Crippen molar-refractivity contribution in [1.29, 1.82) is 0 Å². The fourth-order valence-corrected chi connectivity index (χ4v) is 2.54. The molecule has 1 aliphatic heterocycles. The number of hydrogen-bond acceptors (Lipinski definition) is 1. The zero-order valence-electron chi connectivity index (χ0n) is 8.60. The lowest BCUT2D eigenvalue weighted by atomic mass is 9.98. The summed E-state index contributed by atoms with van der Waals surface area (Å²) in [5.41, 5.74) is 1.19. The molecule has 0 saturated carbocycles. The van der Waals surface area contributed by atoms with Gasteiger partial charge in [-0.2, -0.15) is 0 Å². The molecule has 0 aliphatic carbocycles. The molecule has 1 fully saturated rings. The maximum absolute atomic E-state index is 6.14. The lowest BCUT2D eigenvalue weighted by Crippen LogP contribution is -2.35. The van der Waals surface area contributed by atoms with Gasteiger partial charge in [-0.05, 0) is 43.5 Å². The van der Waals surface area contributed by atoms with E-state index in [9.17, 15) is 0 Å². The third-order valence-electron chi connectivity index (χ3n) is 2.89. The van der Waals surface area contributed by atoms with Crippen LogP contribution in [0.5, 0.6) is 0 Å². The second kappa shape index (κ2) is 5.20. The third kappa shape index (κ3) is 3.10. The summed E-state index contributed by atoms with van der Waals surface area (Å²) in [6, 6.07) is 6.34. The monoisotopic (exact) mass is 243 g/mol. The number of nitrogens with one attached hydrogen (secondary N) is 1. The molecule has 0 amide bonds. The minimum Gasteiger partial charge on any atom is -0.314 e. The van der Waals surface area contributed by atoms with Crippen LogP contribution in [-0.2, 0) is 6.42 Å². The molecule has 1 aromatic rings. The van der Waals surface area contributed by atoms with Crippen LogP contribution in [0.15, 0.2) is 18.2 Å². The van der Waals surface area contributed by atoms with Crippen molar-refractivity contribution in [2.24, 2.45) is 0 Å². The van der Waals surface area contributed by atoms with Gasteiger partial charge in [-0.3, -0.25) is 0 Å². The molecule has 1 unspecified atom stereocenters. The lowest BCUT2D eigenvalue weighted by molar-refractivity contribution is 0.399. The van der Waals surface area contributed by atoms with Crippen LogP contribution in [-0.4, -0.2) is 12.6 Å². The number of benzene rings is 1. The smallest absolute Gasteiger partial charge is 0.0453 e. The highest BCUT2D eigenvalue weighted by molar-refractivity contribution is 6.35. The van der Waals surface area contributed by atoms with Crippen LogP contribution in [0.25, 0.3) is 0 Å².